The second kappa shape index (κ2) is 10.2. The van der Waals surface area contributed by atoms with Crippen molar-refractivity contribution in [3.63, 3.8) is 0 Å². The van der Waals surface area contributed by atoms with Gasteiger partial charge in [0.2, 0.25) is 0 Å². The normalized spacial score (nSPS) is 14.9. The van der Waals surface area contributed by atoms with Gasteiger partial charge in [-0.2, -0.15) is 13.2 Å². The number of carbonyl (C=O) groups is 2. The lowest BCUT2D eigenvalue weighted by molar-refractivity contribution is -0.192. The van der Waals surface area contributed by atoms with Crippen LogP contribution in [0.5, 0.6) is 0 Å². The van der Waals surface area contributed by atoms with Crippen LogP contribution in [0.25, 0.3) is 11.2 Å². The first-order valence-corrected chi connectivity index (χ1v) is 11.7. The number of aliphatic carboxylic acids is 1. The van der Waals surface area contributed by atoms with E-state index in [1.54, 1.807) is 31.0 Å². The average Bonchev–Trinajstić information content (AvgIpc) is 3.58. The van der Waals surface area contributed by atoms with Gasteiger partial charge in [-0.1, -0.05) is 24.4 Å². The molecule has 1 unspecified atom stereocenters. The van der Waals surface area contributed by atoms with Gasteiger partial charge in [-0.25, -0.2) is 19.3 Å². The number of amides is 1. The van der Waals surface area contributed by atoms with E-state index >= 15 is 0 Å². The second-order valence-electron chi connectivity index (χ2n) is 8.61. The third-order valence-corrected chi connectivity index (χ3v) is 6.47. The summed E-state index contributed by atoms with van der Waals surface area (Å²) in [4.78, 5) is 30.6. The minimum atomic E-state index is -5.08. The fourth-order valence-corrected chi connectivity index (χ4v) is 4.79. The van der Waals surface area contributed by atoms with Gasteiger partial charge in [0.25, 0.3) is 5.91 Å². The Morgan fingerprint density at radius 2 is 1.97 bits per heavy atom. The van der Waals surface area contributed by atoms with Crippen molar-refractivity contribution in [3.8, 4) is 0 Å². The highest BCUT2D eigenvalue weighted by molar-refractivity contribution is 6.33. The van der Waals surface area contributed by atoms with Gasteiger partial charge in [-0.15, -0.1) is 5.10 Å². The zero-order valence-electron chi connectivity index (χ0n) is 19.5. The number of nitrogen functional groups attached to an aromatic ring is 1. The lowest BCUT2D eigenvalue weighted by Crippen LogP contribution is -2.28. The number of nitrogens with one attached hydrogen (secondary N) is 1. The predicted octanol–water partition coefficient (Wildman–Crippen LogP) is 4.39. The highest BCUT2D eigenvalue weighted by Gasteiger charge is 2.38. The van der Waals surface area contributed by atoms with Gasteiger partial charge in [0.05, 0.1) is 29.1 Å². The summed E-state index contributed by atoms with van der Waals surface area (Å²) < 4.78 is 35.3. The number of carboxylic acid groups (broad SMARTS) is 1. The monoisotopic (exact) mass is 537 g/mol. The lowest BCUT2D eigenvalue weighted by atomic mass is 9.94. The maximum absolute atomic E-state index is 13.1. The Morgan fingerprint density at radius 1 is 1.30 bits per heavy atom. The molecule has 0 spiro atoms. The highest BCUT2D eigenvalue weighted by atomic mass is 35.5. The zero-order valence-corrected chi connectivity index (χ0v) is 20.3. The van der Waals surface area contributed by atoms with E-state index in [-0.39, 0.29) is 23.3 Å². The molecule has 37 heavy (non-hydrogen) atoms. The van der Waals surface area contributed by atoms with Gasteiger partial charge in [-0.05, 0) is 43.4 Å². The molecule has 1 saturated carbocycles. The largest absolute Gasteiger partial charge is 0.490 e. The number of aromatic nitrogens is 5. The number of carbonyl (C=O) groups excluding carboxylic acids is 1. The molecule has 0 aromatic carbocycles. The summed E-state index contributed by atoms with van der Waals surface area (Å²) in [7, 11) is 0. The Hall–Kier alpha value is -3.87. The van der Waals surface area contributed by atoms with E-state index in [4.69, 9.17) is 27.2 Å². The number of carboxylic acids is 1. The SMILES string of the molecule is CC(NC(=O)c1c(N)nn2cccnc12)c1cc(Cl)c2cncn2c1C1CCCC1.O=C(O)C(F)(F)F. The fourth-order valence-electron chi connectivity index (χ4n) is 4.53. The first-order valence-electron chi connectivity index (χ1n) is 11.3. The Morgan fingerprint density at radius 3 is 2.62 bits per heavy atom. The summed E-state index contributed by atoms with van der Waals surface area (Å²) in [5.74, 6) is -2.50. The number of rotatable bonds is 4. The molecular weight excluding hydrogens is 515 g/mol. The van der Waals surface area contributed by atoms with E-state index in [0.717, 1.165) is 23.9 Å². The van der Waals surface area contributed by atoms with Crippen LogP contribution in [-0.4, -0.2) is 47.1 Å². The number of nitrogens with two attached hydrogens (primary N) is 1. The Bertz CT molecular complexity index is 1460. The van der Waals surface area contributed by atoms with Gasteiger partial charge in [0, 0.05) is 18.1 Å². The molecule has 1 aliphatic rings. The first-order chi connectivity index (χ1) is 17.5. The van der Waals surface area contributed by atoms with Gasteiger partial charge in [-0.3, -0.25) is 4.79 Å². The molecule has 0 radical (unpaired) electrons. The molecule has 4 N–H and O–H groups in total. The maximum atomic E-state index is 13.1. The molecule has 1 amide bonds. The van der Waals surface area contributed by atoms with Crippen molar-refractivity contribution in [2.24, 2.45) is 0 Å². The molecule has 4 heterocycles. The Balaban J connectivity index is 0.000000405. The molecular formula is C23H23ClF3N7O3. The van der Waals surface area contributed by atoms with E-state index in [2.05, 4.69) is 24.8 Å². The van der Waals surface area contributed by atoms with Crippen molar-refractivity contribution in [2.75, 3.05) is 5.73 Å². The third kappa shape index (κ3) is 5.31. The number of hydrogen-bond acceptors (Lipinski definition) is 6. The number of nitrogens with zero attached hydrogens (tertiary/aromatic N) is 5. The third-order valence-electron chi connectivity index (χ3n) is 6.17. The Labute approximate surface area is 213 Å². The number of halogens is 4. The van der Waals surface area contributed by atoms with Crippen LogP contribution in [0.15, 0.2) is 37.1 Å². The zero-order chi connectivity index (χ0) is 26.9. The topological polar surface area (TPSA) is 140 Å². The van der Waals surface area contributed by atoms with Crippen LogP contribution in [-0.2, 0) is 4.79 Å². The summed E-state index contributed by atoms with van der Waals surface area (Å²) in [5.41, 5.74) is 9.77. The van der Waals surface area contributed by atoms with Crippen LogP contribution in [0.2, 0.25) is 5.02 Å². The first kappa shape index (κ1) is 26.2. The molecule has 1 aliphatic carbocycles. The van der Waals surface area contributed by atoms with E-state index in [0.29, 0.717) is 16.6 Å². The van der Waals surface area contributed by atoms with Crippen molar-refractivity contribution in [3.05, 3.63) is 58.9 Å². The molecule has 10 nitrogen and oxygen atoms in total. The van der Waals surface area contributed by atoms with Gasteiger partial charge < -0.3 is 20.6 Å². The van der Waals surface area contributed by atoms with Crippen LogP contribution in [0.1, 0.15) is 66.2 Å². The Kier molecular flexibility index (Phi) is 7.25. The average molecular weight is 538 g/mol. The molecule has 4 aromatic rings. The number of hydrogen-bond donors (Lipinski definition) is 3. The number of pyridine rings is 1. The number of imidazole rings is 1. The summed E-state index contributed by atoms with van der Waals surface area (Å²) >= 11 is 6.55. The smallest absolute Gasteiger partial charge is 0.475 e. The number of alkyl halides is 3. The standard InChI is InChI=1S/C21H22ClN7O.C2HF3O2/c1-12(26-21(30)17-19(23)27-29-8-4-7-25-20(17)29)14-9-15(22)16-10-24-11-28(16)18(14)13-5-2-3-6-13;3-2(4,5)1(6)7/h4,7-13H,2-3,5-6H2,1H3,(H2,23,27)(H,26,30);(H,6,7). The lowest BCUT2D eigenvalue weighted by Gasteiger charge is -2.23. The van der Waals surface area contributed by atoms with Crippen LogP contribution >= 0.6 is 11.6 Å². The van der Waals surface area contributed by atoms with Crippen molar-refractivity contribution < 1.29 is 27.9 Å². The molecule has 196 valence electrons. The number of anilines is 1. The van der Waals surface area contributed by atoms with E-state index in [9.17, 15) is 18.0 Å². The molecule has 4 aromatic heterocycles. The van der Waals surface area contributed by atoms with Gasteiger partial charge >= 0.3 is 12.1 Å². The van der Waals surface area contributed by atoms with Crippen molar-refractivity contribution in [2.45, 2.75) is 50.7 Å². The van der Waals surface area contributed by atoms with Gasteiger partial charge in [0.15, 0.2) is 11.5 Å². The maximum Gasteiger partial charge on any atom is 0.490 e. The number of fused-ring (bicyclic) bond motifs is 2. The van der Waals surface area contributed by atoms with Crippen LogP contribution in [0, 0.1) is 0 Å². The molecule has 5 rings (SSSR count). The van der Waals surface area contributed by atoms with Crippen LogP contribution in [0.4, 0.5) is 19.0 Å². The second-order valence-corrected chi connectivity index (χ2v) is 9.02. The highest BCUT2D eigenvalue weighted by Crippen LogP contribution is 2.39. The summed E-state index contributed by atoms with van der Waals surface area (Å²) in [5, 5.41) is 15.0. The molecule has 14 heteroatoms. The van der Waals surface area contributed by atoms with E-state index in [1.807, 2.05) is 13.0 Å². The van der Waals surface area contributed by atoms with Crippen LogP contribution in [0.3, 0.4) is 0 Å². The molecule has 1 fully saturated rings. The van der Waals surface area contributed by atoms with E-state index < -0.39 is 12.1 Å². The van der Waals surface area contributed by atoms with Crippen molar-refractivity contribution in [1.29, 1.82) is 0 Å². The summed E-state index contributed by atoms with van der Waals surface area (Å²) in [6.45, 7) is 1.96. The quantitative estimate of drug-likeness (QED) is 0.350. The van der Waals surface area contributed by atoms with Crippen LogP contribution < -0.4 is 11.1 Å². The molecule has 0 bridgehead atoms. The van der Waals surface area contributed by atoms with Crippen molar-refractivity contribution >= 4 is 40.5 Å². The fraction of sp³-hybridized carbons (Fsp3) is 0.348. The minimum absolute atomic E-state index is 0.150. The molecule has 1 atom stereocenters. The van der Waals surface area contributed by atoms with Crippen molar-refractivity contribution in [1.82, 2.24) is 29.3 Å². The molecule has 0 aliphatic heterocycles. The van der Waals surface area contributed by atoms with Gasteiger partial charge in [0.1, 0.15) is 5.56 Å². The predicted molar refractivity (Wildman–Crippen MR) is 128 cm³/mol. The summed E-state index contributed by atoms with van der Waals surface area (Å²) in [6.07, 6.45) is 6.47. The summed E-state index contributed by atoms with van der Waals surface area (Å²) in [6, 6.07) is 3.41. The minimum Gasteiger partial charge on any atom is -0.475 e. The molecule has 0 saturated heterocycles. The van der Waals surface area contributed by atoms with E-state index in [1.165, 1.54) is 23.1 Å².